The molecule has 6 heteroatoms. The Labute approximate surface area is 96.3 Å². The minimum Gasteiger partial charge on any atom is -0.384 e. The Hall–Kier alpha value is -0.460. The smallest absolute Gasteiger partial charge is 0.180 e. The van der Waals surface area contributed by atoms with E-state index >= 15 is 0 Å². The van der Waals surface area contributed by atoms with Gasteiger partial charge < -0.3 is 4.74 Å². The van der Waals surface area contributed by atoms with E-state index in [1.54, 1.807) is 0 Å². The van der Waals surface area contributed by atoms with Crippen LogP contribution in [0.2, 0.25) is 0 Å². The fourth-order valence-corrected chi connectivity index (χ4v) is 2.71. The maximum Gasteiger partial charge on any atom is 0.180 e. The molecule has 0 aliphatic heterocycles. The van der Waals surface area contributed by atoms with Gasteiger partial charge in [-0.15, -0.1) is 0 Å². The molecular formula is C9H10BrFO3S. The Morgan fingerprint density at radius 2 is 2.13 bits per heavy atom. The zero-order chi connectivity index (χ0) is 11.5. The Bertz CT molecular complexity index is 445. The summed E-state index contributed by atoms with van der Waals surface area (Å²) in [7, 11) is -1.96. The molecule has 15 heavy (non-hydrogen) atoms. The summed E-state index contributed by atoms with van der Waals surface area (Å²) < 4.78 is 41.0. The molecule has 0 unspecified atom stereocenters. The highest BCUT2D eigenvalue weighted by molar-refractivity contribution is 9.10. The van der Waals surface area contributed by atoms with E-state index in [4.69, 9.17) is 0 Å². The van der Waals surface area contributed by atoms with Crippen LogP contribution in [0, 0.1) is 5.82 Å². The molecule has 0 fully saturated rings. The molecule has 3 nitrogen and oxygen atoms in total. The van der Waals surface area contributed by atoms with Crippen molar-refractivity contribution in [2.24, 2.45) is 0 Å². The van der Waals surface area contributed by atoms with Crippen LogP contribution in [0.25, 0.3) is 0 Å². The number of ether oxygens (including phenoxy) is 1. The van der Waals surface area contributed by atoms with Gasteiger partial charge in [0.25, 0.3) is 0 Å². The second-order valence-corrected chi connectivity index (χ2v) is 5.85. The normalized spacial score (nSPS) is 11.7. The van der Waals surface area contributed by atoms with E-state index in [1.807, 2.05) is 0 Å². The minimum absolute atomic E-state index is 0.0906. The van der Waals surface area contributed by atoms with Gasteiger partial charge in [0.1, 0.15) is 5.82 Å². The monoisotopic (exact) mass is 296 g/mol. The van der Waals surface area contributed by atoms with Gasteiger partial charge in [-0.1, -0.05) is 0 Å². The van der Waals surface area contributed by atoms with Crippen molar-refractivity contribution in [1.82, 2.24) is 0 Å². The Morgan fingerprint density at radius 1 is 1.47 bits per heavy atom. The van der Waals surface area contributed by atoms with Gasteiger partial charge in [-0.25, -0.2) is 12.8 Å². The second-order valence-electron chi connectivity index (χ2n) is 2.89. The van der Waals surface area contributed by atoms with Gasteiger partial charge in [0.2, 0.25) is 0 Å². The third-order valence-electron chi connectivity index (χ3n) is 1.81. The van der Waals surface area contributed by atoms with Gasteiger partial charge in [-0.3, -0.25) is 0 Å². The number of hydrogen-bond donors (Lipinski definition) is 0. The van der Waals surface area contributed by atoms with Crippen LogP contribution in [0.3, 0.4) is 0 Å². The largest absolute Gasteiger partial charge is 0.384 e. The van der Waals surface area contributed by atoms with Crippen molar-refractivity contribution >= 4 is 25.8 Å². The molecule has 0 aliphatic rings. The second kappa shape index (κ2) is 5.05. The van der Waals surface area contributed by atoms with Crippen LogP contribution in [0.15, 0.2) is 27.6 Å². The summed E-state index contributed by atoms with van der Waals surface area (Å²) in [6, 6.07) is 3.61. The van der Waals surface area contributed by atoms with Crippen molar-refractivity contribution in [2.45, 2.75) is 4.90 Å². The van der Waals surface area contributed by atoms with Gasteiger partial charge in [0.05, 0.1) is 21.7 Å². The molecule has 0 saturated heterocycles. The third kappa shape index (κ3) is 3.25. The van der Waals surface area contributed by atoms with Crippen LogP contribution in [-0.2, 0) is 14.6 Å². The summed E-state index contributed by atoms with van der Waals surface area (Å²) in [6.07, 6.45) is 0. The van der Waals surface area contributed by atoms with Crippen molar-refractivity contribution in [3.63, 3.8) is 0 Å². The lowest BCUT2D eigenvalue weighted by molar-refractivity contribution is 0.217. The topological polar surface area (TPSA) is 43.4 Å². The molecule has 0 aliphatic carbocycles. The average molecular weight is 297 g/mol. The van der Waals surface area contributed by atoms with Crippen LogP contribution in [-0.4, -0.2) is 27.9 Å². The van der Waals surface area contributed by atoms with E-state index in [-0.39, 0.29) is 21.7 Å². The molecule has 0 heterocycles. The number of methoxy groups -OCH3 is 1. The predicted molar refractivity (Wildman–Crippen MR) is 58.0 cm³/mol. The first-order valence-corrected chi connectivity index (χ1v) is 6.58. The number of hydrogen-bond acceptors (Lipinski definition) is 3. The minimum atomic E-state index is -3.38. The Balaban J connectivity index is 3.00. The maximum absolute atomic E-state index is 12.9. The van der Waals surface area contributed by atoms with Gasteiger partial charge >= 0.3 is 0 Å². The number of rotatable bonds is 4. The van der Waals surface area contributed by atoms with Crippen LogP contribution >= 0.6 is 15.9 Å². The molecule has 0 aromatic heterocycles. The molecule has 0 atom stereocenters. The van der Waals surface area contributed by atoms with Gasteiger partial charge in [-0.05, 0) is 34.1 Å². The quantitative estimate of drug-likeness (QED) is 0.798. The van der Waals surface area contributed by atoms with Crippen molar-refractivity contribution in [2.75, 3.05) is 19.5 Å². The third-order valence-corrected chi connectivity index (χ3v) is 4.09. The number of halogens is 2. The van der Waals surface area contributed by atoms with Gasteiger partial charge in [-0.2, -0.15) is 0 Å². The Morgan fingerprint density at radius 3 is 2.67 bits per heavy atom. The first-order chi connectivity index (χ1) is 6.97. The molecular weight excluding hydrogens is 287 g/mol. The summed E-state index contributed by atoms with van der Waals surface area (Å²) in [4.78, 5) is 0.0906. The highest BCUT2D eigenvalue weighted by Crippen LogP contribution is 2.20. The van der Waals surface area contributed by atoms with E-state index in [2.05, 4.69) is 20.7 Å². The molecule has 0 spiro atoms. The zero-order valence-electron chi connectivity index (χ0n) is 8.04. The van der Waals surface area contributed by atoms with Crippen LogP contribution in [0.4, 0.5) is 4.39 Å². The average Bonchev–Trinajstić information content (AvgIpc) is 2.19. The van der Waals surface area contributed by atoms with E-state index < -0.39 is 15.7 Å². The molecule has 0 bridgehead atoms. The fourth-order valence-electron chi connectivity index (χ4n) is 0.981. The standard InChI is InChI=1S/C9H10BrFO3S/c1-14-4-5-15(12,13)7-2-3-9(11)8(10)6-7/h2-3,6H,4-5H2,1H3. The first-order valence-electron chi connectivity index (χ1n) is 4.14. The van der Waals surface area contributed by atoms with E-state index in [1.165, 1.54) is 19.2 Å². The molecule has 1 aromatic carbocycles. The molecule has 1 aromatic rings. The van der Waals surface area contributed by atoms with Crippen LogP contribution < -0.4 is 0 Å². The summed E-state index contributed by atoms with van der Waals surface area (Å²) in [6.45, 7) is 0.122. The summed E-state index contributed by atoms with van der Waals surface area (Å²) in [5.74, 6) is -0.595. The lowest BCUT2D eigenvalue weighted by atomic mass is 10.3. The summed E-state index contributed by atoms with van der Waals surface area (Å²) in [5, 5.41) is 0. The van der Waals surface area contributed by atoms with Crippen LogP contribution in [0.1, 0.15) is 0 Å². The van der Waals surface area contributed by atoms with Crippen LogP contribution in [0.5, 0.6) is 0 Å². The van der Waals surface area contributed by atoms with Crippen molar-refractivity contribution in [3.8, 4) is 0 Å². The van der Waals surface area contributed by atoms with Crippen molar-refractivity contribution < 1.29 is 17.5 Å². The number of benzene rings is 1. The zero-order valence-corrected chi connectivity index (χ0v) is 10.4. The predicted octanol–water partition coefficient (Wildman–Crippen LogP) is 2.01. The summed E-state index contributed by atoms with van der Waals surface area (Å²) in [5.41, 5.74) is 0. The SMILES string of the molecule is COCCS(=O)(=O)c1ccc(F)c(Br)c1. The van der Waals surface area contributed by atoms with Gasteiger partial charge in [0, 0.05) is 7.11 Å². The molecule has 0 amide bonds. The van der Waals surface area contributed by atoms with E-state index in [9.17, 15) is 12.8 Å². The molecule has 1 rings (SSSR count). The Kier molecular flexibility index (Phi) is 4.24. The molecule has 84 valence electrons. The van der Waals surface area contributed by atoms with Crippen molar-refractivity contribution in [1.29, 1.82) is 0 Å². The molecule has 0 saturated carbocycles. The van der Waals surface area contributed by atoms with Crippen molar-refractivity contribution in [3.05, 3.63) is 28.5 Å². The lowest BCUT2D eigenvalue weighted by Gasteiger charge is -2.04. The van der Waals surface area contributed by atoms with E-state index in [0.29, 0.717) is 0 Å². The fraction of sp³-hybridized carbons (Fsp3) is 0.333. The number of sulfone groups is 1. The maximum atomic E-state index is 12.9. The highest BCUT2D eigenvalue weighted by Gasteiger charge is 2.15. The van der Waals surface area contributed by atoms with Gasteiger partial charge in [0.15, 0.2) is 9.84 Å². The first kappa shape index (κ1) is 12.6. The molecule has 0 radical (unpaired) electrons. The molecule has 0 N–H and O–H groups in total. The highest BCUT2D eigenvalue weighted by atomic mass is 79.9. The lowest BCUT2D eigenvalue weighted by Crippen LogP contribution is -2.11. The summed E-state index contributed by atoms with van der Waals surface area (Å²) >= 11 is 2.94. The van der Waals surface area contributed by atoms with E-state index in [0.717, 1.165) is 6.07 Å².